The molecular weight excluding hydrogens is 196 g/mol. The average Bonchev–Trinajstić information content (AvgIpc) is 2.28. The van der Waals surface area contributed by atoms with Crippen molar-refractivity contribution in [1.82, 2.24) is 10.2 Å². The molecule has 1 aliphatic heterocycles. The van der Waals surface area contributed by atoms with Gasteiger partial charge in [0.25, 0.3) is 0 Å². The molecule has 1 fully saturated rings. The molecule has 1 heterocycles. The van der Waals surface area contributed by atoms with Gasteiger partial charge in [0.05, 0.1) is 0 Å². The molecule has 1 atom stereocenters. The van der Waals surface area contributed by atoms with Crippen molar-refractivity contribution in [3.63, 3.8) is 0 Å². The summed E-state index contributed by atoms with van der Waals surface area (Å²) in [6.45, 7) is 16.3. The van der Waals surface area contributed by atoms with E-state index in [2.05, 4.69) is 51.8 Å². The zero-order valence-electron chi connectivity index (χ0n) is 12.1. The van der Waals surface area contributed by atoms with E-state index in [0.717, 1.165) is 6.54 Å². The van der Waals surface area contributed by atoms with Crippen molar-refractivity contribution < 1.29 is 0 Å². The maximum Gasteiger partial charge on any atom is 0.0332 e. The number of rotatable bonds is 4. The number of nitrogens with zero attached hydrogens (tertiary/aromatic N) is 1. The van der Waals surface area contributed by atoms with Crippen molar-refractivity contribution in [3.8, 4) is 0 Å². The maximum atomic E-state index is 3.72. The molecule has 2 nitrogen and oxygen atoms in total. The number of piperazine rings is 1. The van der Waals surface area contributed by atoms with E-state index >= 15 is 0 Å². The summed E-state index contributed by atoms with van der Waals surface area (Å²) in [5.41, 5.74) is 0.641. The van der Waals surface area contributed by atoms with Gasteiger partial charge < -0.3 is 5.32 Å². The van der Waals surface area contributed by atoms with Crippen LogP contribution in [-0.4, -0.2) is 35.1 Å². The third-order valence-corrected chi connectivity index (χ3v) is 4.51. The minimum atomic E-state index is 0.261. The van der Waals surface area contributed by atoms with Crippen molar-refractivity contribution >= 4 is 0 Å². The third-order valence-electron chi connectivity index (χ3n) is 4.51. The largest absolute Gasteiger partial charge is 0.309 e. The van der Waals surface area contributed by atoms with E-state index in [4.69, 9.17) is 0 Å². The molecule has 0 aromatic rings. The quantitative estimate of drug-likeness (QED) is 0.792. The van der Waals surface area contributed by atoms with Crippen LogP contribution in [0.5, 0.6) is 0 Å². The lowest BCUT2D eigenvalue weighted by Crippen LogP contribution is -2.69. The molecule has 0 amide bonds. The summed E-state index contributed by atoms with van der Waals surface area (Å²) < 4.78 is 0. The summed E-state index contributed by atoms with van der Waals surface area (Å²) in [6.07, 6.45) is 3.74. The average molecular weight is 226 g/mol. The second kappa shape index (κ2) is 5.05. The highest BCUT2D eigenvalue weighted by atomic mass is 15.3. The van der Waals surface area contributed by atoms with Gasteiger partial charge in [-0.05, 0) is 40.0 Å². The van der Waals surface area contributed by atoms with Crippen molar-refractivity contribution in [2.75, 3.05) is 13.1 Å². The molecule has 96 valence electrons. The van der Waals surface area contributed by atoms with Gasteiger partial charge >= 0.3 is 0 Å². The number of nitrogens with one attached hydrogen (secondary N) is 1. The summed E-state index contributed by atoms with van der Waals surface area (Å²) in [5.74, 6) is 0. The van der Waals surface area contributed by atoms with Crippen LogP contribution in [0.25, 0.3) is 0 Å². The first kappa shape index (κ1) is 14.0. The van der Waals surface area contributed by atoms with Crippen molar-refractivity contribution in [3.05, 3.63) is 0 Å². The molecule has 1 N–H and O–H groups in total. The fourth-order valence-electron chi connectivity index (χ4n) is 2.90. The highest BCUT2D eigenvalue weighted by molar-refractivity contribution is 5.02. The Morgan fingerprint density at radius 3 is 2.19 bits per heavy atom. The molecule has 0 bridgehead atoms. The fraction of sp³-hybridized carbons (Fsp3) is 1.00. The summed E-state index contributed by atoms with van der Waals surface area (Å²) in [5, 5.41) is 3.72. The number of hydrogen-bond acceptors (Lipinski definition) is 2. The van der Waals surface area contributed by atoms with Crippen LogP contribution in [0, 0.1) is 0 Å². The monoisotopic (exact) mass is 226 g/mol. The first-order chi connectivity index (χ1) is 7.40. The Bertz CT molecular complexity index is 219. The second-order valence-electron chi connectivity index (χ2n) is 6.05. The molecule has 0 aliphatic carbocycles. The highest BCUT2D eigenvalue weighted by Gasteiger charge is 2.43. The molecule has 0 aromatic heterocycles. The van der Waals surface area contributed by atoms with E-state index in [-0.39, 0.29) is 5.54 Å². The molecule has 1 rings (SSSR count). The predicted molar refractivity (Wildman–Crippen MR) is 71.9 cm³/mol. The fourth-order valence-corrected chi connectivity index (χ4v) is 2.90. The Kier molecular flexibility index (Phi) is 4.42. The van der Waals surface area contributed by atoms with Crippen molar-refractivity contribution in [2.45, 2.75) is 77.9 Å². The summed E-state index contributed by atoms with van der Waals surface area (Å²) in [4.78, 5) is 2.75. The van der Waals surface area contributed by atoms with Crippen LogP contribution in [-0.2, 0) is 0 Å². The van der Waals surface area contributed by atoms with E-state index < -0.39 is 0 Å². The predicted octanol–water partition coefficient (Wildman–Crippen LogP) is 3.03. The van der Waals surface area contributed by atoms with Crippen LogP contribution in [0.15, 0.2) is 0 Å². The molecular formula is C14H30N2. The van der Waals surface area contributed by atoms with Gasteiger partial charge in [-0.3, -0.25) is 4.90 Å². The number of hydrogen-bond donors (Lipinski definition) is 1. The molecule has 0 radical (unpaired) electrons. The van der Waals surface area contributed by atoms with E-state index in [0.29, 0.717) is 11.6 Å². The molecule has 16 heavy (non-hydrogen) atoms. The molecule has 0 aromatic carbocycles. The summed E-state index contributed by atoms with van der Waals surface area (Å²) in [7, 11) is 0. The lowest BCUT2D eigenvalue weighted by atomic mass is 9.82. The van der Waals surface area contributed by atoms with Crippen LogP contribution in [0.4, 0.5) is 0 Å². The Labute approximate surface area is 102 Å². The molecule has 2 heteroatoms. The van der Waals surface area contributed by atoms with Gasteiger partial charge in [0.1, 0.15) is 0 Å². The van der Waals surface area contributed by atoms with Gasteiger partial charge in [0.15, 0.2) is 0 Å². The lowest BCUT2D eigenvalue weighted by Gasteiger charge is -2.55. The first-order valence-corrected chi connectivity index (χ1v) is 6.92. The normalized spacial score (nSPS) is 26.6. The Hall–Kier alpha value is -0.0800. The topological polar surface area (TPSA) is 15.3 Å². The SMILES string of the molecule is CCC(C)N1CC(C)(C)NCC1(CC)CC. The van der Waals surface area contributed by atoms with Gasteiger partial charge in [-0.25, -0.2) is 0 Å². The molecule has 1 saturated heterocycles. The van der Waals surface area contributed by atoms with Crippen LogP contribution in [0.1, 0.15) is 60.8 Å². The van der Waals surface area contributed by atoms with Crippen molar-refractivity contribution in [2.24, 2.45) is 0 Å². The van der Waals surface area contributed by atoms with Gasteiger partial charge in [-0.1, -0.05) is 20.8 Å². The van der Waals surface area contributed by atoms with E-state index in [9.17, 15) is 0 Å². The summed E-state index contributed by atoms with van der Waals surface area (Å²) in [6, 6.07) is 0.696. The van der Waals surface area contributed by atoms with Crippen molar-refractivity contribution in [1.29, 1.82) is 0 Å². The zero-order valence-corrected chi connectivity index (χ0v) is 12.1. The minimum absolute atomic E-state index is 0.261. The Morgan fingerprint density at radius 2 is 1.75 bits per heavy atom. The van der Waals surface area contributed by atoms with Gasteiger partial charge in [-0.15, -0.1) is 0 Å². The Balaban J connectivity index is 2.91. The second-order valence-corrected chi connectivity index (χ2v) is 6.05. The molecule has 1 aliphatic rings. The van der Waals surface area contributed by atoms with Crippen LogP contribution in [0.2, 0.25) is 0 Å². The first-order valence-electron chi connectivity index (χ1n) is 6.92. The third kappa shape index (κ3) is 2.60. The molecule has 0 saturated carbocycles. The summed E-state index contributed by atoms with van der Waals surface area (Å²) >= 11 is 0. The maximum absolute atomic E-state index is 3.72. The van der Waals surface area contributed by atoms with E-state index in [1.165, 1.54) is 25.8 Å². The zero-order chi connectivity index (χ0) is 12.4. The van der Waals surface area contributed by atoms with E-state index in [1.807, 2.05) is 0 Å². The van der Waals surface area contributed by atoms with E-state index in [1.54, 1.807) is 0 Å². The standard InChI is InChI=1S/C14H30N2/c1-7-12(4)16-11-13(5,6)15-10-14(16,8-2)9-3/h12,15H,7-11H2,1-6H3. The minimum Gasteiger partial charge on any atom is -0.309 e. The van der Waals surface area contributed by atoms with Gasteiger partial charge in [0, 0.05) is 30.2 Å². The van der Waals surface area contributed by atoms with Crippen LogP contribution in [0.3, 0.4) is 0 Å². The highest BCUT2D eigenvalue weighted by Crippen LogP contribution is 2.32. The molecule has 1 unspecified atom stereocenters. The van der Waals surface area contributed by atoms with Gasteiger partial charge in [-0.2, -0.15) is 0 Å². The Morgan fingerprint density at radius 1 is 1.19 bits per heavy atom. The molecule has 0 spiro atoms. The smallest absolute Gasteiger partial charge is 0.0332 e. The van der Waals surface area contributed by atoms with Gasteiger partial charge in [0.2, 0.25) is 0 Å². The van der Waals surface area contributed by atoms with Crippen LogP contribution >= 0.6 is 0 Å². The van der Waals surface area contributed by atoms with Crippen LogP contribution < -0.4 is 5.32 Å². The lowest BCUT2D eigenvalue weighted by molar-refractivity contribution is -0.0201.